The molecular formula is C30H31N5O5. The van der Waals surface area contributed by atoms with Gasteiger partial charge in [-0.3, -0.25) is 4.79 Å². The van der Waals surface area contributed by atoms with E-state index >= 15 is 0 Å². The average molecular weight is 542 g/mol. The molecule has 0 unspecified atom stereocenters. The molecule has 0 fully saturated rings. The molecule has 0 aliphatic heterocycles. The molecule has 0 bridgehead atoms. The summed E-state index contributed by atoms with van der Waals surface area (Å²) in [5.41, 5.74) is 5.72. The van der Waals surface area contributed by atoms with Crippen LogP contribution in [-0.4, -0.2) is 40.8 Å². The van der Waals surface area contributed by atoms with Crippen molar-refractivity contribution in [3.8, 4) is 11.5 Å². The summed E-state index contributed by atoms with van der Waals surface area (Å²) in [6, 6.07) is 23.5. The van der Waals surface area contributed by atoms with E-state index in [0.717, 1.165) is 11.1 Å². The number of H-pyrrole nitrogens is 1. The van der Waals surface area contributed by atoms with Crippen molar-refractivity contribution in [2.45, 2.75) is 32.6 Å². The molecule has 10 heteroatoms. The topological polar surface area (TPSA) is 127 Å². The van der Waals surface area contributed by atoms with Crippen LogP contribution < -0.4 is 20.2 Å². The number of aromatic nitrogens is 2. The van der Waals surface area contributed by atoms with Crippen LogP contribution in [0.3, 0.4) is 0 Å². The van der Waals surface area contributed by atoms with Gasteiger partial charge in [0.05, 0.1) is 19.1 Å². The van der Waals surface area contributed by atoms with Crippen LogP contribution in [0, 0.1) is 0 Å². The number of aromatic amines is 1. The first-order valence-electron chi connectivity index (χ1n) is 12.8. The van der Waals surface area contributed by atoms with Gasteiger partial charge in [0.2, 0.25) is 0 Å². The number of carbonyl (C=O) groups is 2. The molecule has 0 spiro atoms. The van der Waals surface area contributed by atoms with Crippen LogP contribution in [0.5, 0.6) is 11.5 Å². The van der Waals surface area contributed by atoms with Crippen molar-refractivity contribution in [3.63, 3.8) is 0 Å². The van der Waals surface area contributed by atoms with Crippen LogP contribution in [0.1, 0.15) is 29.3 Å². The van der Waals surface area contributed by atoms with Gasteiger partial charge in [-0.05, 0) is 41.8 Å². The van der Waals surface area contributed by atoms with Gasteiger partial charge in [-0.2, -0.15) is 5.10 Å². The highest BCUT2D eigenvalue weighted by molar-refractivity contribution is 5.87. The second-order valence-corrected chi connectivity index (χ2v) is 8.69. The van der Waals surface area contributed by atoms with E-state index in [0.29, 0.717) is 36.0 Å². The molecule has 40 heavy (non-hydrogen) atoms. The zero-order chi connectivity index (χ0) is 28.0. The summed E-state index contributed by atoms with van der Waals surface area (Å²) in [5, 5.41) is 6.68. The van der Waals surface area contributed by atoms with Crippen LogP contribution in [0.2, 0.25) is 0 Å². The molecular weight excluding hydrogens is 510 g/mol. The van der Waals surface area contributed by atoms with Crippen LogP contribution in [0.15, 0.2) is 96.5 Å². The van der Waals surface area contributed by atoms with E-state index in [1.165, 1.54) is 12.5 Å². The van der Waals surface area contributed by atoms with Gasteiger partial charge in [0.1, 0.15) is 19.3 Å². The third-order valence-electron chi connectivity index (χ3n) is 5.69. The highest BCUT2D eigenvalue weighted by Gasteiger charge is 2.22. The standard InChI is InChI=1S/C30H31N5O5/c1-2-38-28-15-24(13-14-27(28)39-19-22-9-5-3-6-10-22)17-33-35-29(36)26(16-25-18-31-21-32-25)34-30(37)40-20-23-11-7-4-8-12-23/h3-15,17-18,21,26H,2,16,19-20H2,1H3,(H,31,32)(H,34,37)(H,35,36)/b33-17-/t26-/m0/s1. The second kappa shape index (κ2) is 14.7. The molecule has 2 amide bonds. The number of benzene rings is 3. The Hall–Kier alpha value is -5.12. The van der Waals surface area contributed by atoms with Gasteiger partial charge in [-0.25, -0.2) is 15.2 Å². The predicted octanol–water partition coefficient (Wildman–Crippen LogP) is 4.38. The minimum atomic E-state index is -0.950. The zero-order valence-corrected chi connectivity index (χ0v) is 22.1. The Bertz CT molecular complexity index is 1380. The van der Waals surface area contributed by atoms with Crippen LogP contribution in [0.4, 0.5) is 4.79 Å². The molecule has 0 radical (unpaired) electrons. The maximum atomic E-state index is 12.9. The number of amides is 2. The minimum absolute atomic E-state index is 0.0798. The molecule has 0 aliphatic rings. The van der Waals surface area contributed by atoms with Crippen molar-refractivity contribution in [2.24, 2.45) is 5.10 Å². The Morgan fingerprint density at radius 2 is 1.68 bits per heavy atom. The van der Waals surface area contributed by atoms with Gasteiger partial charge in [0.25, 0.3) is 5.91 Å². The quantitative estimate of drug-likeness (QED) is 0.170. The molecule has 0 aliphatic carbocycles. The number of carbonyl (C=O) groups excluding carboxylic acids is 2. The van der Waals surface area contributed by atoms with Crippen molar-refractivity contribution >= 4 is 18.2 Å². The fourth-order valence-electron chi connectivity index (χ4n) is 3.71. The Kier molecular flexibility index (Phi) is 10.3. The molecule has 10 nitrogen and oxygen atoms in total. The molecule has 1 aromatic heterocycles. The van der Waals surface area contributed by atoms with E-state index in [4.69, 9.17) is 14.2 Å². The Balaban J connectivity index is 1.36. The van der Waals surface area contributed by atoms with Crippen molar-refractivity contribution in [2.75, 3.05) is 6.61 Å². The van der Waals surface area contributed by atoms with Crippen LogP contribution in [-0.2, 0) is 29.2 Å². The first kappa shape index (κ1) is 27.9. The average Bonchev–Trinajstić information content (AvgIpc) is 3.50. The van der Waals surface area contributed by atoms with Gasteiger partial charge in [0.15, 0.2) is 11.5 Å². The fourth-order valence-corrected chi connectivity index (χ4v) is 3.71. The summed E-state index contributed by atoms with van der Waals surface area (Å²) in [5.74, 6) is 0.647. The lowest BCUT2D eigenvalue weighted by molar-refractivity contribution is -0.123. The lowest BCUT2D eigenvalue weighted by Crippen LogP contribution is -2.47. The highest BCUT2D eigenvalue weighted by atomic mass is 16.5. The smallest absolute Gasteiger partial charge is 0.408 e. The lowest BCUT2D eigenvalue weighted by atomic mass is 10.1. The summed E-state index contributed by atoms with van der Waals surface area (Å²) in [7, 11) is 0. The first-order valence-corrected chi connectivity index (χ1v) is 12.8. The van der Waals surface area contributed by atoms with Crippen molar-refractivity contribution < 1.29 is 23.8 Å². The Labute approximate surface area is 232 Å². The number of imidazole rings is 1. The summed E-state index contributed by atoms with van der Waals surface area (Å²) < 4.78 is 17.0. The summed E-state index contributed by atoms with van der Waals surface area (Å²) in [6.45, 7) is 2.83. The van der Waals surface area contributed by atoms with Crippen LogP contribution >= 0.6 is 0 Å². The van der Waals surface area contributed by atoms with Gasteiger partial charge in [0, 0.05) is 18.3 Å². The third kappa shape index (κ3) is 8.73. The predicted molar refractivity (Wildman–Crippen MR) is 150 cm³/mol. The molecule has 4 aromatic rings. The number of nitrogens with zero attached hydrogens (tertiary/aromatic N) is 2. The number of hydrogen-bond acceptors (Lipinski definition) is 7. The zero-order valence-electron chi connectivity index (χ0n) is 22.1. The molecule has 0 saturated heterocycles. The number of alkyl carbamates (subject to hydrolysis) is 1. The van der Waals surface area contributed by atoms with Crippen molar-refractivity contribution in [1.82, 2.24) is 20.7 Å². The Morgan fingerprint density at radius 3 is 2.35 bits per heavy atom. The molecule has 3 aromatic carbocycles. The summed E-state index contributed by atoms with van der Waals surface area (Å²) in [6.07, 6.45) is 4.02. The van der Waals surface area contributed by atoms with Gasteiger partial charge in [-0.15, -0.1) is 0 Å². The van der Waals surface area contributed by atoms with E-state index in [2.05, 4.69) is 25.8 Å². The van der Waals surface area contributed by atoms with Crippen molar-refractivity contribution in [3.05, 3.63) is 114 Å². The van der Waals surface area contributed by atoms with E-state index < -0.39 is 18.0 Å². The molecule has 3 N–H and O–H groups in total. The molecule has 4 rings (SSSR count). The van der Waals surface area contributed by atoms with E-state index in [1.807, 2.05) is 67.6 Å². The van der Waals surface area contributed by atoms with Crippen LogP contribution in [0.25, 0.3) is 0 Å². The number of hydrazone groups is 1. The minimum Gasteiger partial charge on any atom is -0.490 e. The maximum Gasteiger partial charge on any atom is 0.408 e. The van der Waals surface area contributed by atoms with Gasteiger partial charge >= 0.3 is 6.09 Å². The maximum absolute atomic E-state index is 12.9. The Morgan fingerprint density at radius 1 is 0.950 bits per heavy atom. The lowest BCUT2D eigenvalue weighted by Gasteiger charge is -2.16. The molecule has 1 atom stereocenters. The monoisotopic (exact) mass is 541 g/mol. The number of ether oxygens (including phenoxy) is 3. The molecule has 1 heterocycles. The SMILES string of the molecule is CCOc1cc(/C=N\NC(=O)[C@H](Cc2cnc[nH]2)NC(=O)OCc2ccccc2)ccc1OCc1ccccc1. The van der Waals surface area contributed by atoms with Gasteiger partial charge in [-0.1, -0.05) is 60.7 Å². The third-order valence-corrected chi connectivity index (χ3v) is 5.69. The fraction of sp³-hybridized carbons (Fsp3) is 0.200. The molecule has 0 saturated carbocycles. The normalized spacial score (nSPS) is 11.5. The van der Waals surface area contributed by atoms with E-state index in [9.17, 15) is 9.59 Å². The highest BCUT2D eigenvalue weighted by Crippen LogP contribution is 2.29. The van der Waals surface area contributed by atoms with Gasteiger partial charge < -0.3 is 24.5 Å². The van der Waals surface area contributed by atoms with Crippen molar-refractivity contribution in [1.29, 1.82) is 0 Å². The largest absolute Gasteiger partial charge is 0.490 e. The first-order chi connectivity index (χ1) is 19.6. The number of hydrogen-bond donors (Lipinski definition) is 3. The second-order valence-electron chi connectivity index (χ2n) is 8.69. The summed E-state index contributed by atoms with van der Waals surface area (Å²) in [4.78, 5) is 32.3. The van der Waals surface area contributed by atoms with E-state index in [-0.39, 0.29) is 13.0 Å². The number of nitrogens with one attached hydrogen (secondary N) is 3. The summed E-state index contributed by atoms with van der Waals surface area (Å²) >= 11 is 0. The number of rotatable bonds is 13. The molecule has 206 valence electrons. The van der Waals surface area contributed by atoms with E-state index in [1.54, 1.807) is 24.4 Å².